The smallest absolute Gasteiger partial charge is 0.312 e. The molecule has 2 amide bonds. The van der Waals surface area contributed by atoms with Crippen molar-refractivity contribution in [2.45, 2.75) is 62.7 Å². The van der Waals surface area contributed by atoms with Crippen molar-refractivity contribution in [1.29, 1.82) is 0 Å². The molecule has 1 spiro atoms. The molecule has 5 atom stereocenters. The highest BCUT2D eigenvalue weighted by molar-refractivity contribution is 5.98. The molecular formula is C29H45N3O7. The summed E-state index contributed by atoms with van der Waals surface area (Å²) in [5.41, 5.74) is -1.96. The molecule has 4 fully saturated rings. The molecule has 2 bridgehead atoms. The van der Waals surface area contributed by atoms with Crippen LogP contribution in [0, 0.1) is 11.8 Å². The van der Waals surface area contributed by atoms with Crippen LogP contribution in [-0.2, 0) is 28.6 Å². The molecular weight excluding hydrogens is 502 g/mol. The number of hydrogen-bond acceptors (Lipinski definition) is 8. The molecule has 4 aliphatic heterocycles. The van der Waals surface area contributed by atoms with E-state index in [0.717, 1.165) is 32.4 Å². The second-order valence-corrected chi connectivity index (χ2v) is 11.3. The molecule has 4 saturated heterocycles. The summed E-state index contributed by atoms with van der Waals surface area (Å²) in [4.78, 5) is 47.2. The van der Waals surface area contributed by atoms with Gasteiger partial charge in [-0.15, -0.1) is 13.2 Å². The molecule has 0 aliphatic carbocycles. The average Bonchev–Trinajstić information content (AvgIpc) is 3.50. The van der Waals surface area contributed by atoms with Gasteiger partial charge in [-0.05, 0) is 45.4 Å². The third-order valence-corrected chi connectivity index (χ3v) is 8.82. The molecule has 10 heteroatoms. The van der Waals surface area contributed by atoms with Crippen molar-refractivity contribution in [2.75, 3.05) is 65.7 Å². The number of nitrogens with zero attached hydrogens (tertiary/aromatic N) is 3. The fourth-order valence-electron chi connectivity index (χ4n) is 6.90. The van der Waals surface area contributed by atoms with Crippen LogP contribution in [0.5, 0.6) is 0 Å². The number of likely N-dealkylation sites (tertiary alicyclic amines) is 1. The summed E-state index contributed by atoms with van der Waals surface area (Å²) in [7, 11) is 0. The molecule has 0 aromatic heterocycles. The topological polar surface area (TPSA) is 109 Å². The molecule has 0 aromatic rings. The lowest BCUT2D eigenvalue weighted by molar-refractivity contribution is -0.160. The van der Waals surface area contributed by atoms with Crippen molar-refractivity contribution in [3.8, 4) is 0 Å². The molecule has 4 aliphatic rings. The number of rotatable bonds is 15. The van der Waals surface area contributed by atoms with Crippen LogP contribution in [0.1, 0.15) is 45.4 Å². The van der Waals surface area contributed by atoms with Crippen LogP contribution in [0.15, 0.2) is 25.3 Å². The Morgan fingerprint density at radius 1 is 1.15 bits per heavy atom. The number of fused-ring (bicyclic) bond motifs is 1. The van der Waals surface area contributed by atoms with Gasteiger partial charge in [0, 0.05) is 45.9 Å². The Bertz CT molecular complexity index is 923. The molecule has 39 heavy (non-hydrogen) atoms. The Morgan fingerprint density at radius 3 is 2.62 bits per heavy atom. The van der Waals surface area contributed by atoms with E-state index in [2.05, 4.69) is 18.1 Å². The van der Waals surface area contributed by atoms with E-state index < -0.39 is 35.0 Å². The van der Waals surface area contributed by atoms with Gasteiger partial charge in [-0.2, -0.15) is 0 Å². The van der Waals surface area contributed by atoms with E-state index in [-0.39, 0.29) is 31.6 Å². The summed E-state index contributed by atoms with van der Waals surface area (Å²) in [5, 5.41) is 9.56. The van der Waals surface area contributed by atoms with Gasteiger partial charge in [0.1, 0.15) is 17.6 Å². The van der Waals surface area contributed by atoms with Crippen LogP contribution in [0.25, 0.3) is 0 Å². The minimum atomic E-state index is -1.09. The fourth-order valence-corrected chi connectivity index (χ4v) is 6.90. The minimum absolute atomic E-state index is 0.107. The van der Waals surface area contributed by atoms with Gasteiger partial charge < -0.3 is 29.1 Å². The fraction of sp³-hybridized carbons (Fsp3) is 0.759. The van der Waals surface area contributed by atoms with Gasteiger partial charge in [-0.25, -0.2) is 0 Å². The van der Waals surface area contributed by atoms with Gasteiger partial charge in [0.2, 0.25) is 11.8 Å². The van der Waals surface area contributed by atoms with E-state index in [4.69, 9.17) is 14.2 Å². The molecule has 0 aromatic carbocycles. The van der Waals surface area contributed by atoms with Crippen LogP contribution >= 0.6 is 0 Å². The lowest BCUT2D eigenvalue weighted by Gasteiger charge is -2.37. The zero-order valence-corrected chi connectivity index (χ0v) is 23.4. The average molecular weight is 548 g/mol. The highest BCUT2D eigenvalue weighted by Gasteiger charge is 2.78. The monoisotopic (exact) mass is 547 g/mol. The summed E-state index contributed by atoms with van der Waals surface area (Å²) in [6.07, 6.45) is 7.39. The predicted molar refractivity (Wildman–Crippen MR) is 145 cm³/mol. The molecule has 1 N–H and O–H groups in total. The Labute approximate surface area is 231 Å². The SMILES string of the molecule is C=CCCCCOC(=O)[C@H]1[C@H]2C(=O)N(CCCO)C(C(=O)N(CC=C)CCN3CCOCC3)C23CC[C@]1(C)O3. The van der Waals surface area contributed by atoms with Crippen molar-refractivity contribution in [2.24, 2.45) is 11.8 Å². The number of aliphatic hydroxyl groups excluding tert-OH is 1. The first kappa shape index (κ1) is 29.7. The van der Waals surface area contributed by atoms with Crippen molar-refractivity contribution in [3.63, 3.8) is 0 Å². The highest BCUT2D eigenvalue weighted by atomic mass is 16.6. The second kappa shape index (κ2) is 12.9. The van der Waals surface area contributed by atoms with Crippen LogP contribution in [0.4, 0.5) is 0 Å². The number of carbonyl (C=O) groups is 3. The van der Waals surface area contributed by atoms with Crippen LogP contribution in [-0.4, -0.2) is 121 Å². The zero-order chi connectivity index (χ0) is 28.0. The maximum atomic E-state index is 14.3. The van der Waals surface area contributed by atoms with Crippen LogP contribution in [0.3, 0.4) is 0 Å². The van der Waals surface area contributed by atoms with Gasteiger partial charge in [0.05, 0.1) is 31.3 Å². The number of ether oxygens (including phenoxy) is 3. The highest BCUT2D eigenvalue weighted by Crippen LogP contribution is 2.63. The summed E-state index contributed by atoms with van der Waals surface area (Å²) in [6.45, 7) is 14.3. The summed E-state index contributed by atoms with van der Waals surface area (Å²) >= 11 is 0. The standard InChI is InChI=1S/C29H45N3O7/c1-4-6-7-8-19-38-27(36)23-22-25(34)32(13-9-18-33)24(29(22)11-10-28(23,3)39-29)26(35)31(12-5-2)15-14-30-16-20-37-21-17-30/h4-5,22-24,33H,1-2,6-21H2,3H3/t22-,23+,24?,28-,29?/m0/s1. The number of esters is 1. The number of carbonyl (C=O) groups excluding carboxylic acids is 3. The van der Waals surface area contributed by atoms with Gasteiger partial charge in [-0.1, -0.05) is 12.2 Å². The molecule has 2 unspecified atom stereocenters. The van der Waals surface area contributed by atoms with Crippen molar-refractivity contribution < 1.29 is 33.7 Å². The van der Waals surface area contributed by atoms with Crippen LogP contribution < -0.4 is 0 Å². The zero-order valence-electron chi connectivity index (χ0n) is 23.4. The van der Waals surface area contributed by atoms with E-state index in [1.54, 1.807) is 15.9 Å². The molecule has 218 valence electrons. The van der Waals surface area contributed by atoms with Crippen molar-refractivity contribution in [1.82, 2.24) is 14.7 Å². The van der Waals surface area contributed by atoms with E-state index >= 15 is 0 Å². The van der Waals surface area contributed by atoms with Gasteiger partial charge >= 0.3 is 5.97 Å². The maximum Gasteiger partial charge on any atom is 0.312 e. The normalized spacial score (nSPS) is 31.8. The van der Waals surface area contributed by atoms with Crippen molar-refractivity contribution in [3.05, 3.63) is 25.3 Å². The molecule has 10 nitrogen and oxygen atoms in total. The third kappa shape index (κ3) is 5.80. The van der Waals surface area contributed by atoms with Crippen molar-refractivity contribution >= 4 is 17.8 Å². The lowest BCUT2D eigenvalue weighted by atomic mass is 9.66. The number of allylic oxidation sites excluding steroid dienone is 1. The van der Waals surface area contributed by atoms with E-state index in [9.17, 15) is 19.5 Å². The molecule has 4 rings (SSSR count). The minimum Gasteiger partial charge on any atom is -0.465 e. The summed E-state index contributed by atoms with van der Waals surface area (Å²) in [5.74, 6) is -2.44. The third-order valence-electron chi connectivity index (χ3n) is 8.82. The van der Waals surface area contributed by atoms with Crippen LogP contribution in [0.2, 0.25) is 0 Å². The largest absolute Gasteiger partial charge is 0.465 e. The number of aliphatic hydroxyl groups is 1. The predicted octanol–water partition coefficient (Wildman–Crippen LogP) is 1.38. The second-order valence-electron chi connectivity index (χ2n) is 11.3. The first-order chi connectivity index (χ1) is 18.8. The summed E-state index contributed by atoms with van der Waals surface area (Å²) < 4.78 is 17.8. The van der Waals surface area contributed by atoms with Gasteiger partial charge in [0.15, 0.2) is 0 Å². The van der Waals surface area contributed by atoms with E-state index in [0.29, 0.717) is 52.1 Å². The first-order valence-corrected chi connectivity index (χ1v) is 14.4. The Balaban J connectivity index is 1.57. The van der Waals surface area contributed by atoms with Gasteiger partial charge in [0.25, 0.3) is 0 Å². The maximum absolute atomic E-state index is 14.3. The van der Waals surface area contributed by atoms with E-state index in [1.165, 1.54) is 0 Å². The quantitative estimate of drug-likeness (QED) is 0.186. The Morgan fingerprint density at radius 2 is 1.92 bits per heavy atom. The summed E-state index contributed by atoms with van der Waals surface area (Å²) in [6, 6.07) is -0.863. The van der Waals surface area contributed by atoms with E-state index in [1.807, 2.05) is 13.0 Å². The lowest BCUT2D eigenvalue weighted by Crippen LogP contribution is -2.57. The number of hydrogen-bond donors (Lipinski definition) is 1. The number of unbranched alkanes of at least 4 members (excludes halogenated alkanes) is 2. The molecule has 0 saturated carbocycles. The first-order valence-electron chi connectivity index (χ1n) is 14.4. The Hall–Kier alpha value is -2.27. The number of morpholine rings is 1. The number of amides is 2. The Kier molecular flexibility index (Phi) is 9.85. The van der Waals surface area contributed by atoms with Gasteiger partial charge in [-0.3, -0.25) is 19.3 Å². The molecule has 0 radical (unpaired) electrons. The molecule has 4 heterocycles.